The average molecular weight is 328 g/mol. The number of nitrogens with one attached hydrogen (secondary N) is 1. The van der Waals surface area contributed by atoms with Crippen LogP contribution in [-0.4, -0.2) is 29.2 Å². The number of hydrogen-bond acceptors (Lipinski definition) is 3. The van der Waals surface area contributed by atoms with E-state index in [2.05, 4.69) is 12.2 Å². The van der Waals surface area contributed by atoms with Crippen LogP contribution >= 0.6 is 0 Å². The molecular weight excluding hydrogens is 304 g/mol. The summed E-state index contributed by atoms with van der Waals surface area (Å²) in [7, 11) is 0. The molecule has 1 aromatic rings. The Kier molecular flexibility index (Phi) is 4.97. The number of anilines is 1. The van der Waals surface area contributed by atoms with Gasteiger partial charge in [0, 0.05) is 18.7 Å². The van der Waals surface area contributed by atoms with Gasteiger partial charge in [-0.15, -0.1) is 0 Å². The van der Waals surface area contributed by atoms with Crippen molar-refractivity contribution in [2.24, 2.45) is 11.8 Å². The fraction of sp³-hybridized carbons (Fsp3) is 0.526. The molecule has 2 atom stereocenters. The zero-order chi connectivity index (χ0) is 17.1. The molecule has 1 heterocycles. The van der Waals surface area contributed by atoms with Crippen LogP contribution in [0.15, 0.2) is 24.3 Å². The minimum atomic E-state index is -0.168. The molecule has 0 spiro atoms. The standard InChI is InChI=1S/C19H24N2O3/c1-2-13-6-5-7-14(12-13)20-17(22)10-11-21-18(23)15-8-3-4-9-16(15)19(21)24/h5-7,12,15-16H,2-4,8-11H2,1H3,(H,20,22)/t15-,16+. The summed E-state index contributed by atoms with van der Waals surface area (Å²) in [5.74, 6) is -0.610. The number of carbonyl (C=O) groups excluding carboxylic acids is 3. The van der Waals surface area contributed by atoms with E-state index >= 15 is 0 Å². The van der Waals surface area contributed by atoms with Gasteiger partial charge in [0.25, 0.3) is 0 Å². The number of nitrogens with zero attached hydrogens (tertiary/aromatic N) is 1. The summed E-state index contributed by atoms with van der Waals surface area (Å²) < 4.78 is 0. The number of hydrogen-bond donors (Lipinski definition) is 1. The first-order valence-electron chi connectivity index (χ1n) is 8.84. The van der Waals surface area contributed by atoms with Gasteiger partial charge < -0.3 is 5.32 Å². The zero-order valence-corrected chi connectivity index (χ0v) is 14.1. The molecule has 24 heavy (non-hydrogen) atoms. The van der Waals surface area contributed by atoms with Gasteiger partial charge in [0.1, 0.15) is 0 Å². The highest BCUT2D eigenvalue weighted by atomic mass is 16.2. The maximum absolute atomic E-state index is 12.4. The van der Waals surface area contributed by atoms with E-state index < -0.39 is 0 Å². The summed E-state index contributed by atoms with van der Waals surface area (Å²) in [5, 5.41) is 2.84. The van der Waals surface area contributed by atoms with Gasteiger partial charge >= 0.3 is 0 Å². The highest BCUT2D eigenvalue weighted by Crippen LogP contribution is 2.37. The third-order valence-corrected chi connectivity index (χ3v) is 5.11. The van der Waals surface area contributed by atoms with Crippen LogP contribution in [0.4, 0.5) is 5.69 Å². The number of rotatable bonds is 5. The Morgan fingerprint density at radius 3 is 2.46 bits per heavy atom. The van der Waals surface area contributed by atoms with Crippen molar-refractivity contribution in [3.63, 3.8) is 0 Å². The molecule has 1 aliphatic carbocycles. The predicted molar refractivity (Wildman–Crippen MR) is 91.2 cm³/mol. The number of fused-ring (bicyclic) bond motifs is 1. The SMILES string of the molecule is CCc1cccc(NC(=O)CCN2C(=O)[C@H]3CCCC[C@H]3C2=O)c1. The quantitative estimate of drug-likeness (QED) is 0.845. The highest BCUT2D eigenvalue weighted by Gasteiger charge is 2.47. The van der Waals surface area contributed by atoms with Crippen molar-refractivity contribution in [1.29, 1.82) is 0 Å². The van der Waals surface area contributed by atoms with Crippen LogP contribution in [-0.2, 0) is 20.8 Å². The van der Waals surface area contributed by atoms with Crippen molar-refractivity contribution < 1.29 is 14.4 Å². The third kappa shape index (κ3) is 3.35. The lowest BCUT2D eigenvalue weighted by atomic mass is 9.81. The smallest absolute Gasteiger partial charge is 0.233 e. The van der Waals surface area contributed by atoms with Crippen LogP contribution in [0.1, 0.15) is 44.6 Å². The van der Waals surface area contributed by atoms with E-state index in [-0.39, 0.29) is 42.5 Å². The van der Waals surface area contributed by atoms with Gasteiger partial charge in [-0.25, -0.2) is 0 Å². The van der Waals surface area contributed by atoms with Gasteiger partial charge in [-0.05, 0) is 37.0 Å². The van der Waals surface area contributed by atoms with Crippen molar-refractivity contribution in [3.05, 3.63) is 29.8 Å². The van der Waals surface area contributed by atoms with Crippen molar-refractivity contribution in [2.45, 2.75) is 45.4 Å². The summed E-state index contributed by atoms with van der Waals surface area (Å²) in [4.78, 5) is 38.2. The minimum absolute atomic E-state index is 0.0783. The molecule has 3 rings (SSSR count). The molecule has 2 aliphatic rings. The maximum atomic E-state index is 12.4. The fourth-order valence-electron chi connectivity index (χ4n) is 3.76. The molecular formula is C19H24N2O3. The summed E-state index contributed by atoms with van der Waals surface area (Å²) >= 11 is 0. The Morgan fingerprint density at radius 2 is 1.83 bits per heavy atom. The van der Waals surface area contributed by atoms with Crippen LogP contribution < -0.4 is 5.32 Å². The van der Waals surface area contributed by atoms with Gasteiger partial charge in [-0.2, -0.15) is 0 Å². The lowest BCUT2D eigenvalue weighted by Crippen LogP contribution is -2.34. The molecule has 5 heteroatoms. The first-order valence-corrected chi connectivity index (χ1v) is 8.84. The van der Waals surface area contributed by atoms with Gasteiger partial charge in [0.2, 0.25) is 17.7 Å². The van der Waals surface area contributed by atoms with Crippen LogP contribution in [0.5, 0.6) is 0 Å². The molecule has 0 aromatic heterocycles. The van der Waals surface area contributed by atoms with E-state index in [0.29, 0.717) is 0 Å². The second-order valence-corrected chi connectivity index (χ2v) is 6.68. The molecule has 1 saturated carbocycles. The summed E-state index contributed by atoms with van der Waals surface area (Å²) in [6.45, 7) is 2.24. The van der Waals surface area contributed by atoms with E-state index in [9.17, 15) is 14.4 Å². The molecule has 0 bridgehead atoms. The predicted octanol–water partition coefficient (Wildman–Crippen LogP) is 2.75. The van der Waals surface area contributed by atoms with E-state index in [0.717, 1.165) is 43.4 Å². The molecule has 0 radical (unpaired) electrons. The molecule has 3 amide bonds. The number of imide groups is 1. The van der Waals surface area contributed by atoms with Crippen LogP contribution in [0.2, 0.25) is 0 Å². The first-order chi connectivity index (χ1) is 11.6. The lowest BCUT2D eigenvalue weighted by Gasteiger charge is -2.19. The van der Waals surface area contributed by atoms with Crippen molar-refractivity contribution in [3.8, 4) is 0 Å². The molecule has 5 nitrogen and oxygen atoms in total. The Hall–Kier alpha value is -2.17. The van der Waals surface area contributed by atoms with Gasteiger partial charge in [-0.3, -0.25) is 19.3 Å². The largest absolute Gasteiger partial charge is 0.326 e. The Morgan fingerprint density at radius 1 is 1.17 bits per heavy atom. The zero-order valence-electron chi connectivity index (χ0n) is 14.1. The number of likely N-dealkylation sites (tertiary alicyclic amines) is 1. The molecule has 1 N–H and O–H groups in total. The molecule has 0 unspecified atom stereocenters. The first kappa shape index (κ1) is 16.7. The topological polar surface area (TPSA) is 66.5 Å². The second-order valence-electron chi connectivity index (χ2n) is 6.68. The monoisotopic (exact) mass is 328 g/mol. The summed E-state index contributed by atoms with van der Waals surface area (Å²) in [6.07, 6.45) is 4.70. The van der Waals surface area contributed by atoms with Crippen LogP contribution in [0, 0.1) is 11.8 Å². The third-order valence-electron chi connectivity index (χ3n) is 5.11. The maximum Gasteiger partial charge on any atom is 0.233 e. The van der Waals surface area contributed by atoms with E-state index in [1.54, 1.807) is 0 Å². The highest BCUT2D eigenvalue weighted by molar-refractivity contribution is 6.05. The second kappa shape index (κ2) is 7.16. The number of benzene rings is 1. The molecule has 1 aromatic carbocycles. The average Bonchev–Trinajstić information content (AvgIpc) is 2.84. The summed E-state index contributed by atoms with van der Waals surface area (Å²) in [5.41, 5.74) is 1.91. The fourth-order valence-corrected chi connectivity index (χ4v) is 3.76. The van der Waals surface area contributed by atoms with E-state index in [1.165, 1.54) is 4.90 Å². The van der Waals surface area contributed by atoms with Crippen molar-refractivity contribution in [1.82, 2.24) is 4.90 Å². The van der Waals surface area contributed by atoms with Crippen LogP contribution in [0.3, 0.4) is 0 Å². The van der Waals surface area contributed by atoms with Crippen molar-refractivity contribution >= 4 is 23.4 Å². The van der Waals surface area contributed by atoms with Crippen molar-refractivity contribution in [2.75, 3.05) is 11.9 Å². The van der Waals surface area contributed by atoms with Gasteiger partial charge in [0.15, 0.2) is 0 Å². The summed E-state index contributed by atoms with van der Waals surface area (Å²) in [6, 6.07) is 7.71. The van der Waals surface area contributed by atoms with E-state index in [1.807, 2.05) is 24.3 Å². The molecule has 128 valence electrons. The number of aryl methyl sites for hydroxylation is 1. The Balaban J connectivity index is 1.56. The minimum Gasteiger partial charge on any atom is -0.326 e. The molecule has 1 aliphatic heterocycles. The van der Waals surface area contributed by atoms with Gasteiger partial charge in [0.05, 0.1) is 11.8 Å². The van der Waals surface area contributed by atoms with Crippen LogP contribution in [0.25, 0.3) is 0 Å². The Labute approximate surface area is 142 Å². The lowest BCUT2D eigenvalue weighted by molar-refractivity contribution is -0.140. The Bertz CT molecular complexity index is 632. The molecule has 2 fully saturated rings. The number of carbonyl (C=O) groups is 3. The number of amides is 3. The van der Waals surface area contributed by atoms with Gasteiger partial charge in [-0.1, -0.05) is 31.9 Å². The molecule has 1 saturated heterocycles. The van der Waals surface area contributed by atoms with E-state index in [4.69, 9.17) is 0 Å². The normalized spacial score (nSPS) is 23.3.